The van der Waals surface area contributed by atoms with Crippen molar-refractivity contribution in [3.63, 3.8) is 0 Å². The lowest BCUT2D eigenvalue weighted by Crippen LogP contribution is -2.48. The summed E-state index contributed by atoms with van der Waals surface area (Å²) in [4.78, 5) is 2.46. The number of hydrogen-bond acceptors (Lipinski definition) is 4. The van der Waals surface area contributed by atoms with Crippen LogP contribution in [0.1, 0.15) is 6.42 Å². The normalized spacial score (nSPS) is 18.0. The zero-order valence-electron chi connectivity index (χ0n) is 12.2. The first-order valence-electron chi connectivity index (χ1n) is 7.01. The first-order chi connectivity index (χ1) is 10.1. The highest BCUT2D eigenvalue weighted by Crippen LogP contribution is 2.24. The minimum absolute atomic E-state index is 0.194. The van der Waals surface area contributed by atoms with E-state index in [1.807, 2.05) is 0 Å². The van der Waals surface area contributed by atoms with Gasteiger partial charge in [-0.2, -0.15) is 4.31 Å². The number of piperazine rings is 1. The van der Waals surface area contributed by atoms with Gasteiger partial charge in [-0.25, -0.2) is 8.42 Å². The molecule has 1 aliphatic rings. The van der Waals surface area contributed by atoms with Crippen LogP contribution in [-0.4, -0.2) is 64.1 Å². The lowest BCUT2D eigenvalue weighted by Gasteiger charge is -2.34. The molecule has 0 atom stereocenters. The van der Waals surface area contributed by atoms with Crippen LogP contribution in [0.5, 0.6) is 0 Å². The van der Waals surface area contributed by atoms with Gasteiger partial charge in [0.05, 0.1) is 5.02 Å². The predicted molar refractivity (Wildman–Crippen MR) is 83.1 cm³/mol. The summed E-state index contributed by atoms with van der Waals surface area (Å²) in [6.07, 6.45) is 0.966. The summed E-state index contributed by atoms with van der Waals surface area (Å²) in [5.41, 5.74) is 0. The average molecular weight is 333 g/mol. The fourth-order valence-corrected chi connectivity index (χ4v) is 4.33. The van der Waals surface area contributed by atoms with Crippen LogP contribution in [0.3, 0.4) is 0 Å². The van der Waals surface area contributed by atoms with Crippen molar-refractivity contribution in [2.75, 3.05) is 46.4 Å². The van der Waals surface area contributed by atoms with E-state index in [1.165, 1.54) is 4.31 Å². The smallest absolute Gasteiger partial charge is 0.244 e. The number of hydrogen-bond donors (Lipinski definition) is 0. The second kappa shape index (κ2) is 7.56. The van der Waals surface area contributed by atoms with Gasteiger partial charge in [-0.05, 0) is 18.6 Å². The van der Waals surface area contributed by atoms with Gasteiger partial charge >= 0.3 is 0 Å². The van der Waals surface area contributed by atoms with Gasteiger partial charge in [0.1, 0.15) is 4.90 Å². The number of sulfonamides is 1. The Labute approximate surface area is 131 Å². The Kier molecular flexibility index (Phi) is 6.01. The van der Waals surface area contributed by atoms with Crippen molar-refractivity contribution in [2.24, 2.45) is 0 Å². The molecule has 0 radical (unpaired) electrons. The molecule has 0 spiro atoms. The summed E-state index contributed by atoms with van der Waals surface area (Å²) >= 11 is 6.01. The summed E-state index contributed by atoms with van der Waals surface area (Å²) in [6.45, 7) is 4.16. The highest BCUT2D eigenvalue weighted by molar-refractivity contribution is 7.89. The first kappa shape index (κ1) is 16.7. The Morgan fingerprint density at radius 2 is 1.86 bits per heavy atom. The number of ether oxygens (including phenoxy) is 1. The third-order valence-electron chi connectivity index (χ3n) is 3.61. The summed E-state index contributed by atoms with van der Waals surface area (Å²) in [6, 6.07) is 6.59. The van der Waals surface area contributed by atoms with Crippen molar-refractivity contribution < 1.29 is 13.2 Å². The number of halogens is 1. The van der Waals surface area contributed by atoms with Crippen LogP contribution in [0, 0.1) is 0 Å². The number of methoxy groups -OCH3 is 1. The third kappa shape index (κ3) is 4.17. The maximum Gasteiger partial charge on any atom is 0.244 e. The lowest BCUT2D eigenvalue weighted by atomic mass is 10.3. The molecule has 7 heteroatoms. The van der Waals surface area contributed by atoms with Gasteiger partial charge in [0, 0.05) is 46.4 Å². The lowest BCUT2D eigenvalue weighted by molar-refractivity contribution is 0.149. The topological polar surface area (TPSA) is 49.9 Å². The second-order valence-electron chi connectivity index (χ2n) is 5.02. The molecule has 21 heavy (non-hydrogen) atoms. The predicted octanol–water partition coefficient (Wildman–Crippen LogP) is 1.68. The van der Waals surface area contributed by atoms with Crippen LogP contribution in [0.4, 0.5) is 0 Å². The fraction of sp³-hybridized carbons (Fsp3) is 0.571. The second-order valence-corrected chi connectivity index (χ2v) is 7.34. The zero-order valence-corrected chi connectivity index (χ0v) is 13.7. The summed E-state index contributed by atoms with van der Waals surface area (Å²) in [7, 11) is -1.80. The monoisotopic (exact) mass is 332 g/mol. The standard InChI is InChI=1S/C14H21ClN2O3S/c1-20-12-4-7-16-8-10-17(11-9-16)21(18,19)14-6-3-2-5-13(14)15/h2-3,5-6H,4,7-12H2,1H3. The quantitative estimate of drug-likeness (QED) is 0.744. The number of rotatable bonds is 6. The van der Waals surface area contributed by atoms with Crippen LogP contribution in [0.25, 0.3) is 0 Å². The molecule has 1 aromatic carbocycles. The van der Waals surface area contributed by atoms with Gasteiger partial charge in [0.25, 0.3) is 0 Å². The van der Waals surface area contributed by atoms with Crippen molar-refractivity contribution in [1.82, 2.24) is 9.21 Å². The summed E-state index contributed by atoms with van der Waals surface area (Å²) < 4.78 is 31.7. The highest BCUT2D eigenvalue weighted by Gasteiger charge is 2.29. The van der Waals surface area contributed by atoms with Gasteiger partial charge in [-0.3, -0.25) is 0 Å². The SMILES string of the molecule is COCCCN1CCN(S(=O)(=O)c2ccccc2Cl)CC1. The van der Waals surface area contributed by atoms with E-state index < -0.39 is 10.0 Å². The van der Waals surface area contributed by atoms with Crippen molar-refractivity contribution in [2.45, 2.75) is 11.3 Å². The first-order valence-corrected chi connectivity index (χ1v) is 8.83. The molecule has 0 aliphatic carbocycles. The molecule has 0 amide bonds. The van der Waals surface area contributed by atoms with Gasteiger partial charge in [-0.1, -0.05) is 23.7 Å². The van der Waals surface area contributed by atoms with Crippen molar-refractivity contribution in [3.05, 3.63) is 29.3 Å². The van der Waals surface area contributed by atoms with E-state index in [1.54, 1.807) is 31.4 Å². The van der Waals surface area contributed by atoms with Gasteiger partial charge < -0.3 is 9.64 Å². The molecule has 0 N–H and O–H groups in total. The van der Waals surface area contributed by atoms with Gasteiger partial charge in [0.2, 0.25) is 10.0 Å². The van der Waals surface area contributed by atoms with E-state index in [2.05, 4.69) is 4.90 Å². The maximum atomic E-state index is 12.6. The highest BCUT2D eigenvalue weighted by atomic mass is 35.5. The van der Waals surface area contributed by atoms with E-state index in [9.17, 15) is 8.42 Å². The van der Waals surface area contributed by atoms with Crippen LogP contribution in [-0.2, 0) is 14.8 Å². The minimum atomic E-state index is -3.49. The van der Waals surface area contributed by atoms with Gasteiger partial charge in [-0.15, -0.1) is 0 Å². The van der Waals surface area contributed by atoms with Gasteiger partial charge in [0.15, 0.2) is 0 Å². The van der Waals surface area contributed by atoms with Crippen LogP contribution in [0.15, 0.2) is 29.2 Å². The molecule has 1 aliphatic heterocycles. The van der Waals surface area contributed by atoms with E-state index in [4.69, 9.17) is 16.3 Å². The van der Waals surface area contributed by atoms with E-state index in [0.717, 1.165) is 32.7 Å². The van der Waals surface area contributed by atoms with E-state index in [0.29, 0.717) is 13.1 Å². The van der Waals surface area contributed by atoms with E-state index >= 15 is 0 Å². The zero-order chi connectivity index (χ0) is 15.3. The fourth-order valence-electron chi connectivity index (χ4n) is 2.42. The Balaban J connectivity index is 1.97. The molecule has 1 saturated heterocycles. The minimum Gasteiger partial charge on any atom is -0.385 e. The Morgan fingerprint density at radius 3 is 2.48 bits per heavy atom. The third-order valence-corrected chi connectivity index (χ3v) is 6.01. The van der Waals surface area contributed by atoms with Crippen LogP contribution in [0.2, 0.25) is 5.02 Å². The molecule has 1 heterocycles. The molecule has 2 rings (SSSR count). The van der Waals surface area contributed by atoms with Crippen molar-refractivity contribution >= 4 is 21.6 Å². The molecular formula is C14H21ClN2O3S. The molecule has 1 fully saturated rings. The molecule has 0 bridgehead atoms. The molecule has 0 aromatic heterocycles. The summed E-state index contributed by atoms with van der Waals surface area (Å²) in [5.74, 6) is 0. The molecule has 5 nitrogen and oxygen atoms in total. The van der Waals surface area contributed by atoms with Crippen molar-refractivity contribution in [1.29, 1.82) is 0 Å². The largest absolute Gasteiger partial charge is 0.385 e. The van der Waals surface area contributed by atoms with Crippen LogP contribution < -0.4 is 0 Å². The Morgan fingerprint density at radius 1 is 1.19 bits per heavy atom. The Hall–Kier alpha value is -0.660. The average Bonchev–Trinajstić information content (AvgIpc) is 2.48. The number of nitrogens with zero attached hydrogens (tertiary/aromatic N) is 2. The van der Waals surface area contributed by atoms with E-state index in [-0.39, 0.29) is 9.92 Å². The maximum absolute atomic E-state index is 12.6. The summed E-state index contributed by atoms with van der Waals surface area (Å²) in [5, 5.41) is 0.278. The number of benzene rings is 1. The molecular weight excluding hydrogens is 312 g/mol. The molecule has 1 aromatic rings. The van der Waals surface area contributed by atoms with Crippen molar-refractivity contribution in [3.8, 4) is 0 Å². The molecule has 118 valence electrons. The van der Waals surface area contributed by atoms with Crippen LogP contribution >= 0.6 is 11.6 Å². The molecule has 0 saturated carbocycles. The molecule has 0 unspecified atom stereocenters. The Bertz CT molecular complexity index is 557.